The number of rotatable bonds is 4. The van der Waals surface area contributed by atoms with E-state index in [-0.39, 0.29) is 18.0 Å². The number of aryl methyl sites for hydroxylation is 1. The number of thiazole rings is 1. The lowest BCUT2D eigenvalue weighted by Gasteiger charge is -2.11. The summed E-state index contributed by atoms with van der Waals surface area (Å²) < 4.78 is 1.77. The second-order valence-corrected chi connectivity index (χ2v) is 7.94. The molecule has 1 saturated heterocycles. The number of benzene rings is 1. The number of nitrogens with zero attached hydrogens (tertiary/aromatic N) is 4. The Kier molecular flexibility index (Phi) is 4.84. The zero-order chi connectivity index (χ0) is 19.0. The SMILES string of the molecule is Cc1ccc(NC(=O)Cn2cnc3nc(N4CCCC4)sc3c2=O)c(Cl)c1. The number of carbonyl (C=O) groups excluding carboxylic acids is 1. The zero-order valence-corrected chi connectivity index (χ0v) is 16.3. The monoisotopic (exact) mass is 403 g/mol. The highest BCUT2D eigenvalue weighted by Gasteiger charge is 2.19. The number of amides is 1. The van der Waals surface area contributed by atoms with Gasteiger partial charge in [0.1, 0.15) is 17.6 Å². The van der Waals surface area contributed by atoms with Crippen molar-refractivity contribution in [2.24, 2.45) is 0 Å². The smallest absolute Gasteiger partial charge is 0.273 e. The van der Waals surface area contributed by atoms with Gasteiger partial charge in [0, 0.05) is 13.1 Å². The second-order valence-electron chi connectivity index (χ2n) is 6.55. The number of fused-ring (bicyclic) bond motifs is 1. The standard InChI is InChI=1S/C18H18ClN5O2S/c1-11-4-5-13(12(19)8-11)21-14(25)9-24-10-20-16-15(17(24)26)27-18(22-16)23-6-2-3-7-23/h4-5,8,10H,2-3,6-7,9H2,1H3,(H,21,25). The second kappa shape index (κ2) is 7.28. The first-order valence-corrected chi connectivity index (χ1v) is 9.87. The quantitative estimate of drug-likeness (QED) is 0.724. The summed E-state index contributed by atoms with van der Waals surface area (Å²) in [6, 6.07) is 5.37. The van der Waals surface area contributed by atoms with Crippen LogP contribution in [0, 0.1) is 6.92 Å². The fraction of sp³-hybridized carbons (Fsp3) is 0.333. The zero-order valence-electron chi connectivity index (χ0n) is 14.7. The highest BCUT2D eigenvalue weighted by molar-refractivity contribution is 7.22. The molecule has 0 bridgehead atoms. The first-order chi connectivity index (χ1) is 13.0. The number of anilines is 2. The van der Waals surface area contributed by atoms with Crippen LogP contribution in [0.15, 0.2) is 29.3 Å². The molecule has 1 fully saturated rings. The van der Waals surface area contributed by atoms with Gasteiger partial charge in [0.15, 0.2) is 10.8 Å². The van der Waals surface area contributed by atoms with Crippen LogP contribution in [0.1, 0.15) is 18.4 Å². The van der Waals surface area contributed by atoms with Crippen LogP contribution in [-0.4, -0.2) is 33.5 Å². The number of carbonyl (C=O) groups is 1. The van der Waals surface area contributed by atoms with E-state index in [1.54, 1.807) is 12.1 Å². The molecule has 1 aliphatic rings. The van der Waals surface area contributed by atoms with Gasteiger partial charge in [-0.2, -0.15) is 4.98 Å². The minimum atomic E-state index is -0.340. The van der Waals surface area contributed by atoms with E-state index in [1.807, 2.05) is 13.0 Å². The molecule has 4 rings (SSSR count). The maximum atomic E-state index is 12.7. The van der Waals surface area contributed by atoms with Gasteiger partial charge in [0.05, 0.1) is 10.7 Å². The topological polar surface area (TPSA) is 80.1 Å². The van der Waals surface area contributed by atoms with Crippen molar-refractivity contribution in [3.63, 3.8) is 0 Å². The lowest BCUT2D eigenvalue weighted by Crippen LogP contribution is -2.27. The van der Waals surface area contributed by atoms with Gasteiger partial charge in [-0.25, -0.2) is 4.98 Å². The summed E-state index contributed by atoms with van der Waals surface area (Å²) in [6.45, 7) is 3.69. The van der Waals surface area contributed by atoms with Crippen LogP contribution in [0.4, 0.5) is 10.8 Å². The summed E-state index contributed by atoms with van der Waals surface area (Å²) >= 11 is 7.48. The van der Waals surface area contributed by atoms with Crippen LogP contribution in [0.3, 0.4) is 0 Å². The molecule has 140 valence electrons. The van der Waals surface area contributed by atoms with Crippen LogP contribution in [0.2, 0.25) is 5.02 Å². The fourth-order valence-electron chi connectivity index (χ4n) is 3.06. The Balaban J connectivity index is 1.55. The predicted octanol–water partition coefficient (Wildman–Crippen LogP) is 3.05. The number of hydrogen-bond acceptors (Lipinski definition) is 6. The van der Waals surface area contributed by atoms with Crippen molar-refractivity contribution in [3.05, 3.63) is 45.5 Å². The van der Waals surface area contributed by atoms with Gasteiger partial charge >= 0.3 is 0 Å². The molecule has 1 aromatic carbocycles. The van der Waals surface area contributed by atoms with Gasteiger partial charge in [0.25, 0.3) is 5.56 Å². The Morgan fingerprint density at radius 3 is 2.85 bits per heavy atom. The Morgan fingerprint density at radius 2 is 2.11 bits per heavy atom. The van der Waals surface area contributed by atoms with E-state index in [2.05, 4.69) is 20.2 Å². The third-order valence-electron chi connectivity index (χ3n) is 4.46. The molecule has 0 spiro atoms. The first kappa shape index (κ1) is 17.9. The van der Waals surface area contributed by atoms with Gasteiger partial charge < -0.3 is 10.2 Å². The van der Waals surface area contributed by atoms with Crippen LogP contribution in [0.25, 0.3) is 10.3 Å². The molecule has 1 aliphatic heterocycles. The van der Waals surface area contributed by atoms with Crippen molar-refractivity contribution in [3.8, 4) is 0 Å². The number of halogens is 1. The van der Waals surface area contributed by atoms with Crippen molar-refractivity contribution in [1.82, 2.24) is 14.5 Å². The molecule has 0 radical (unpaired) electrons. The van der Waals surface area contributed by atoms with Crippen molar-refractivity contribution in [1.29, 1.82) is 0 Å². The number of hydrogen-bond donors (Lipinski definition) is 1. The van der Waals surface area contributed by atoms with E-state index in [9.17, 15) is 9.59 Å². The molecule has 0 aliphatic carbocycles. The van der Waals surface area contributed by atoms with Gasteiger partial charge in [-0.05, 0) is 37.5 Å². The van der Waals surface area contributed by atoms with Crippen molar-refractivity contribution >= 4 is 50.0 Å². The summed E-state index contributed by atoms with van der Waals surface area (Å²) in [5.74, 6) is -0.340. The minimum absolute atomic E-state index is 0.136. The molecule has 9 heteroatoms. The highest BCUT2D eigenvalue weighted by Crippen LogP contribution is 2.28. The van der Waals surface area contributed by atoms with Crippen LogP contribution >= 0.6 is 22.9 Å². The lowest BCUT2D eigenvalue weighted by molar-refractivity contribution is -0.116. The van der Waals surface area contributed by atoms with Gasteiger partial charge in [-0.15, -0.1) is 0 Å². The molecule has 0 atom stereocenters. The highest BCUT2D eigenvalue weighted by atomic mass is 35.5. The molecular formula is C18H18ClN5O2S. The maximum absolute atomic E-state index is 12.7. The van der Waals surface area contributed by atoms with Crippen molar-refractivity contribution in [2.45, 2.75) is 26.3 Å². The molecule has 7 nitrogen and oxygen atoms in total. The molecule has 2 aromatic heterocycles. The summed E-state index contributed by atoms with van der Waals surface area (Å²) in [6.07, 6.45) is 3.64. The van der Waals surface area contributed by atoms with Crippen LogP contribution in [-0.2, 0) is 11.3 Å². The molecule has 1 amide bonds. The van der Waals surface area contributed by atoms with Crippen molar-refractivity contribution in [2.75, 3.05) is 23.3 Å². The fourth-order valence-corrected chi connectivity index (χ4v) is 4.36. The summed E-state index contributed by atoms with van der Waals surface area (Å²) in [7, 11) is 0. The molecule has 27 heavy (non-hydrogen) atoms. The molecule has 0 unspecified atom stereocenters. The average molecular weight is 404 g/mol. The van der Waals surface area contributed by atoms with E-state index in [1.165, 1.54) is 22.2 Å². The third kappa shape index (κ3) is 3.68. The van der Waals surface area contributed by atoms with Crippen molar-refractivity contribution < 1.29 is 4.79 Å². The third-order valence-corrected chi connectivity index (χ3v) is 5.87. The lowest BCUT2D eigenvalue weighted by atomic mass is 10.2. The van der Waals surface area contributed by atoms with Crippen LogP contribution < -0.4 is 15.8 Å². The van der Waals surface area contributed by atoms with E-state index in [0.717, 1.165) is 36.6 Å². The normalized spacial score (nSPS) is 14.1. The Hall–Kier alpha value is -2.45. The molecule has 1 N–H and O–H groups in total. The van der Waals surface area contributed by atoms with Crippen LogP contribution in [0.5, 0.6) is 0 Å². The van der Waals surface area contributed by atoms with Gasteiger partial charge in [0.2, 0.25) is 5.91 Å². The van der Waals surface area contributed by atoms with E-state index in [4.69, 9.17) is 11.6 Å². The van der Waals surface area contributed by atoms with E-state index in [0.29, 0.717) is 21.1 Å². The predicted molar refractivity (Wildman–Crippen MR) is 108 cm³/mol. The number of nitrogens with one attached hydrogen (secondary N) is 1. The minimum Gasteiger partial charge on any atom is -0.348 e. The van der Waals surface area contributed by atoms with Gasteiger partial charge in [-0.1, -0.05) is 29.0 Å². The Bertz CT molecular complexity index is 1070. The van der Waals surface area contributed by atoms with Gasteiger partial charge in [-0.3, -0.25) is 14.2 Å². The largest absolute Gasteiger partial charge is 0.348 e. The average Bonchev–Trinajstić information content (AvgIpc) is 3.29. The Morgan fingerprint density at radius 1 is 1.33 bits per heavy atom. The summed E-state index contributed by atoms with van der Waals surface area (Å²) in [5.41, 5.74) is 1.70. The molecule has 0 saturated carbocycles. The molecule has 3 heterocycles. The first-order valence-electron chi connectivity index (χ1n) is 8.68. The summed E-state index contributed by atoms with van der Waals surface area (Å²) in [5, 5.41) is 4.01. The Labute approximate surface area is 164 Å². The van der Waals surface area contributed by atoms with E-state index >= 15 is 0 Å². The van der Waals surface area contributed by atoms with E-state index < -0.39 is 0 Å². The number of aromatic nitrogens is 3. The molecule has 3 aromatic rings. The summed E-state index contributed by atoms with van der Waals surface area (Å²) in [4.78, 5) is 36.0. The molecular weight excluding hydrogens is 386 g/mol. The maximum Gasteiger partial charge on any atom is 0.273 e.